The molecule has 0 radical (unpaired) electrons. The van der Waals surface area contributed by atoms with Crippen molar-refractivity contribution in [1.29, 1.82) is 0 Å². The molecular formula is C12H19ClN2O. The second-order valence-electron chi connectivity index (χ2n) is 3.92. The maximum atomic E-state index is 6.02. The van der Waals surface area contributed by atoms with E-state index in [-0.39, 0.29) is 6.04 Å². The number of rotatable bonds is 6. The Bertz CT molecular complexity index is 311. The van der Waals surface area contributed by atoms with Crippen molar-refractivity contribution in [2.24, 2.45) is 5.84 Å². The van der Waals surface area contributed by atoms with E-state index in [0.29, 0.717) is 0 Å². The van der Waals surface area contributed by atoms with Crippen molar-refractivity contribution in [1.82, 2.24) is 5.43 Å². The van der Waals surface area contributed by atoms with Crippen LogP contribution in [0.2, 0.25) is 5.02 Å². The Kier molecular flexibility index (Phi) is 5.77. The summed E-state index contributed by atoms with van der Waals surface area (Å²) < 4.78 is 5.03. The molecule has 1 unspecified atom stereocenters. The second kappa shape index (κ2) is 6.86. The van der Waals surface area contributed by atoms with Crippen molar-refractivity contribution >= 4 is 11.6 Å². The summed E-state index contributed by atoms with van der Waals surface area (Å²) in [7, 11) is 1.70. The number of hydrogen-bond acceptors (Lipinski definition) is 3. The maximum Gasteiger partial charge on any atom is 0.0462 e. The van der Waals surface area contributed by atoms with Crippen LogP contribution < -0.4 is 11.3 Å². The molecule has 1 atom stereocenters. The van der Waals surface area contributed by atoms with Gasteiger partial charge in [0, 0.05) is 24.8 Å². The molecule has 0 aliphatic carbocycles. The number of hydrogen-bond donors (Lipinski definition) is 2. The number of benzene rings is 1. The van der Waals surface area contributed by atoms with Gasteiger partial charge in [0.1, 0.15) is 0 Å². The fourth-order valence-electron chi connectivity index (χ4n) is 1.74. The van der Waals surface area contributed by atoms with Crippen molar-refractivity contribution in [3.05, 3.63) is 34.3 Å². The van der Waals surface area contributed by atoms with Crippen LogP contribution in [0.3, 0.4) is 0 Å². The molecule has 0 saturated carbocycles. The van der Waals surface area contributed by atoms with Crippen molar-refractivity contribution in [2.45, 2.75) is 25.8 Å². The first-order valence-electron chi connectivity index (χ1n) is 5.39. The van der Waals surface area contributed by atoms with Crippen LogP contribution >= 0.6 is 11.6 Å². The molecule has 3 nitrogen and oxygen atoms in total. The quantitative estimate of drug-likeness (QED) is 0.458. The molecule has 0 aromatic heterocycles. The Morgan fingerprint density at radius 1 is 1.44 bits per heavy atom. The normalized spacial score (nSPS) is 12.8. The van der Waals surface area contributed by atoms with Gasteiger partial charge < -0.3 is 4.74 Å². The third-order valence-electron chi connectivity index (χ3n) is 2.51. The zero-order valence-corrected chi connectivity index (χ0v) is 10.6. The number of nitrogens with one attached hydrogen (secondary N) is 1. The standard InChI is InChI=1S/C12H19ClN2O/c1-9-6-10(8-11(13)7-9)12(15-14)4-3-5-16-2/h6-8,12,15H,3-5,14H2,1-2H3. The lowest BCUT2D eigenvalue weighted by molar-refractivity contribution is 0.189. The predicted octanol–water partition coefficient (Wildman–Crippen LogP) is 2.58. The highest BCUT2D eigenvalue weighted by molar-refractivity contribution is 6.30. The summed E-state index contributed by atoms with van der Waals surface area (Å²) >= 11 is 6.02. The van der Waals surface area contributed by atoms with E-state index in [2.05, 4.69) is 11.5 Å². The van der Waals surface area contributed by atoms with Gasteiger partial charge in [-0.25, -0.2) is 0 Å². The SMILES string of the molecule is COCCCC(NN)c1cc(C)cc(Cl)c1. The molecule has 1 aromatic rings. The highest BCUT2D eigenvalue weighted by atomic mass is 35.5. The average Bonchev–Trinajstić information content (AvgIpc) is 2.23. The van der Waals surface area contributed by atoms with Gasteiger partial charge in [-0.05, 0) is 43.0 Å². The summed E-state index contributed by atoms with van der Waals surface area (Å²) in [6.45, 7) is 2.77. The molecular weight excluding hydrogens is 224 g/mol. The largest absolute Gasteiger partial charge is 0.385 e. The van der Waals surface area contributed by atoms with Crippen LogP contribution in [0.1, 0.15) is 30.0 Å². The third kappa shape index (κ3) is 4.10. The van der Waals surface area contributed by atoms with Gasteiger partial charge in [-0.2, -0.15) is 0 Å². The number of nitrogens with two attached hydrogens (primary N) is 1. The maximum absolute atomic E-state index is 6.02. The molecule has 0 aliphatic heterocycles. The molecule has 4 heteroatoms. The molecule has 1 rings (SSSR count). The monoisotopic (exact) mass is 242 g/mol. The summed E-state index contributed by atoms with van der Waals surface area (Å²) in [6, 6.07) is 6.12. The molecule has 1 aromatic carbocycles. The molecule has 16 heavy (non-hydrogen) atoms. The molecule has 0 heterocycles. The molecule has 0 aliphatic rings. The van der Waals surface area contributed by atoms with Gasteiger partial charge >= 0.3 is 0 Å². The first kappa shape index (κ1) is 13.5. The fraction of sp³-hybridized carbons (Fsp3) is 0.500. The number of hydrazine groups is 1. The second-order valence-corrected chi connectivity index (χ2v) is 4.35. The summed E-state index contributed by atoms with van der Waals surface area (Å²) in [5.74, 6) is 5.55. The number of methoxy groups -OCH3 is 1. The van der Waals surface area contributed by atoms with Crippen molar-refractivity contribution in [3.63, 3.8) is 0 Å². The van der Waals surface area contributed by atoms with Crippen LogP contribution in [0.25, 0.3) is 0 Å². The van der Waals surface area contributed by atoms with Crippen LogP contribution in [0.4, 0.5) is 0 Å². The minimum Gasteiger partial charge on any atom is -0.385 e. The molecule has 0 spiro atoms. The average molecular weight is 243 g/mol. The topological polar surface area (TPSA) is 47.3 Å². The Labute approximate surface area is 102 Å². The zero-order chi connectivity index (χ0) is 12.0. The van der Waals surface area contributed by atoms with E-state index in [9.17, 15) is 0 Å². The lowest BCUT2D eigenvalue weighted by atomic mass is 10.0. The highest BCUT2D eigenvalue weighted by Gasteiger charge is 2.10. The molecule has 0 saturated heterocycles. The van der Waals surface area contributed by atoms with Crippen LogP contribution in [0, 0.1) is 6.92 Å². The minimum atomic E-state index is 0.132. The van der Waals surface area contributed by atoms with E-state index in [1.165, 1.54) is 0 Å². The Morgan fingerprint density at radius 2 is 2.19 bits per heavy atom. The van der Waals surface area contributed by atoms with Crippen molar-refractivity contribution in [2.75, 3.05) is 13.7 Å². The highest BCUT2D eigenvalue weighted by Crippen LogP contribution is 2.23. The van der Waals surface area contributed by atoms with Gasteiger partial charge in [-0.15, -0.1) is 0 Å². The van der Waals surface area contributed by atoms with Gasteiger partial charge in [-0.3, -0.25) is 11.3 Å². The van der Waals surface area contributed by atoms with Crippen LogP contribution in [0.15, 0.2) is 18.2 Å². The molecule has 0 amide bonds. The van der Waals surface area contributed by atoms with Crippen LogP contribution in [0.5, 0.6) is 0 Å². The fourth-order valence-corrected chi connectivity index (χ4v) is 2.04. The van der Waals surface area contributed by atoms with Crippen molar-refractivity contribution in [3.8, 4) is 0 Å². The van der Waals surface area contributed by atoms with Gasteiger partial charge in [0.2, 0.25) is 0 Å². The lowest BCUT2D eigenvalue weighted by Crippen LogP contribution is -2.28. The predicted molar refractivity (Wildman–Crippen MR) is 67.4 cm³/mol. The lowest BCUT2D eigenvalue weighted by Gasteiger charge is -2.17. The van der Waals surface area contributed by atoms with Crippen LogP contribution in [-0.4, -0.2) is 13.7 Å². The van der Waals surface area contributed by atoms with E-state index in [0.717, 1.165) is 35.6 Å². The molecule has 0 fully saturated rings. The molecule has 3 N–H and O–H groups in total. The van der Waals surface area contributed by atoms with E-state index < -0.39 is 0 Å². The number of ether oxygens (including phenoxy) is 1. The minimum absolute atomic E-state index is 0.132. The number of halogens is 1. The summed E-state index contributed by atoms with van der Waals surface area (Å²) in [4.78, 5) is 0. The van der Waals surface area contributed by atoms with E-state index in [1.807, 2.05) is 19.1 Å². The Balaban J connectivity index is 2.70. The van der Waals surface area contributed by atoms with Crippen LogP contribution in [-0.2, 0) is 4.74 Å². The first-order valence-corrected chi connectivity index (χ1v) is 5.77. The molecule has 0 bridgehead atoms. The van der Waals surface area contributed by atoms with Crippen molar-refractivity contribution < 1.29 is 4.74 Å². The van der Waals surface area contributed by atoms with Gasteiger partial charge in [0.05, 0.1) is 0 Å². The summed E-state index contributed by atoms with van der Waals surface area (Å²) in [5, 5.41) is 0.752. The zero-order valence-electron chi connectivity index (χ0n) is 9.79. The molecule has 90 valence electrons. The summed E-state index contributed by atoms with van der Waals surface area (Å²) in [6.07, 6.45) is 1.90. The van der Waals surface area contributed by atoms with E-state index >= 15 is 0 Å². The third-order valence-corrected chi connectivity index (χ3v) is 2.73. The number of aryl methyl sites for hydroxylation is 1. The first-order chi connectivity index (χ1) is 7.67. The van der Waals surface area contributed by atoms with E-state index in [1.54, 1.807) is 7.11 Å². The Hall–Kier alpha value is -0.610. The van der Waals surface area contributed by atoms with Gasteiger partial charge in [0.25, 0.3) is 0 Å². The smallest absolute Gasteiger partial charge is 0.0462 e. The van der Waals surface area contributed by atoms with Gasteiger partial charge in [0.15, 0.2) is 0 Å². The summed E-state index contributed by atoms with van der Waals surface area (Å²) in [5.41, 5.74) is 5.09. The Morgan fingerprint density at radius 3 is 2.75 bits per heavy atom. The van der Waals surface area contributed by atoms with Gasteiger partial charge in [-0.1, -0.05) is 17.7 Å². The van der Waals surface area contributed by atoms with E-state index in [4.69, 9.17) is 22.2 Å².